The highest BCUT2D eigenvalue weighted by atomic mass is 32.2. The maximum atomic E-state index is 13.0. The Morgan fingerprint density at radius 1 is 1.06 bits per heavy atom. The van der Waals surface area contributed by atoms with Gasteiger partial charge < -0.3 is 15.6 Å². The fourth-order valence-electron chi connectivity index (χ4n) is 2.07. The molecule has 0 saturated carbocycles. The molecule has 0 aromatic rings. The van der Waals surface area contributed by atoms with Gasteiger partial charge in [-0.2, -0.15) is 47.9 Å². The number of aliphatic hydroxyl groups is 1. The second kappa shape index (κ2) is 12.6. The second-order valence-electron chi connectivity index (χ2n) is 7.07. The molecule has 2 atom stereocenters. The summed E-state index contributed by atoms with van der Waals surface area (Å²) in [6.45, 7) is 6.50. The number of alkyl halides is 9. The van der Waals surface area contributed by atoms with Gasteiger partial charge in [-0.1, -0.05) is 20.1 Å². The summed E-state index contributed by atoms with van der Waals surface area (Å²) in [5.74, 6) is -22.4. The first-order valence-electron chi connectivity index (χ1n) is 8.92. The fraction of sp³-hybridized carbons (Fsp3) is 0.647. The summed E-state index contributed by atoms with van der Waals surface area (Å²) in [4.78, 5) is 21.0. The predicted molar refractivity (Wildman–Crippen MR) is 101 cm³/mol. The molecule has 0 saturated heterocycles. The van der Waals surface area contributed by atoms with Crippen LogP contribution in [-0.4, -0.2) is 72.4 Å². The van der Waals surface area contributed by atoms with E-state index in [1.165, 1.54) is 0 Å². The van der Waals surface area contributed by atoms with Crippen LogP contribution in [0.2, 0.25) is 0 Å². The highest BCUT2D eigenvalue weighted by molar-refractivity contribution is 7.85. The number of aliphatic hydroxyl groups excluding tert-OH is 1. The summed E-state index contributed by atoms with van der Waals surface area (Å²) in [6.07, 6.45) is -11.3. The van der Waals surface area contributed by atoms with Crippen molar-refractivity contribution in [3.63, 3.8) is 0 Å². The molecule has 4 N–H and O–H groups in total. The third-order valence-corrected chi connectivity index (χ3v) is 4.72. The van der Waals surface area contributed by atoms with Gasteiger partial charge in [-0.05, 0) is 12.3 Å². The molecule has 0 heterocycles. The molecule has 0 aromatic heterocycles. The van der Waals surface area contributed by atoms with Crippen LogP contribution in [0.25, 0.3) is 0 Å². The van der Waals surface area contributed by atoms with Gasteiger partial charge in [0.05, 0.1) is 11.9 Å². The average molecular weight is 555 g/mol. The normalized spacial score (nSPS) is 14.7. The van der Waals surface area contributed by atoms with Crippen LogP contribution in [0.15, 0.2) is 24.8 Å². The van der Waals surface area contributed by atoms with Gasteiger partial charge in [0, 0.05) is 18.1 Å². The topological polar surface area (TPSA) is 144 Å². The summed E-state index contributed by atoms with van der Waals surface area (Å²) < 4.78 is 145. The lowest BCUT2D eigenvalue weighted by Crippen LogP contribution is -2.61. The Kier molecular flexibility index (Phi) is 12.5. The fourth-order valence-corrected chi connectivity index (χ4v) is 2.90. The van der Waals surface area contributed by atoms with Crippen LogP contribution in [0, 0.1) is 5.92 Å². The molecule has 0 bridgehead atoms. The first-order valence-corrected chi connectivity index (χ1v) is 10.5. The minimum absolute atomic E-state index is 0.163. The Morgan fingerprint density at radius 3 is 1.86 bits per heavy atom. The number of ether oxygens (including phenoxy) is 1. The molecule has 0 aliphatic carbocycles. The standard InChI is InChI=1S/C10H9F9O3.C7H13NO4S/c1-2-6(21)22-4-5(20)3-7(11,12)8(13,14)9(15,16)10(17,18)19;1-5(4-13(10,11)12)3-6(2)7(8)9/h2,5,20H,1,3-4H2;5H,2-4H2,1H3,(H2,8,9)(H,10,11,12). The smallest absolute Gasteiger partial charge is 0.460 e. The van der Waals surface area contributed by atoms with E-state index in [-0.39, 0.29) is 23.7 Å². The predicted octanol–water partition coefficient (Wildman–Crippen LogP) is 2.88. The third kappa shape index (κ3) is 11.3. The molecular weight excluding hydrogens is 533 g/mol. The van der Waals surface area contributed by atoms with E-state index in [4.69, 9.17) is 15.4 Å². The molecule has 0 spiro atoms. The molecule has 0 radical (unpaired) electrons. The first-order chi connectivity index (χ1) is 15.3. The number of nitrogens with two attached hydrogens (primary N) is 1. The number of halogens is 9. The van der Waals surface area contributed by atoms with Crippen LogP contribution in [0.1, 0.15) is 19.8 Å². The molecule has 0 fully saturated rings. The number of primary amides is 1. The van der Waals surface area contributed by atoms with Gasteiger partial charge in [-0.3, -0.25) is 9.35 Å². The molecular formula is C17H22F9NO7S. The molecule has 206 valence electrons. The number of carbonyl (C=O) groups excluding carboxylic acids is 2. The molecule has 35 heavy (non-hydrogen) atoms. The van der Waals surface area contributed by atoms with Crippen LogP contribution in [-0.2, 0) is 24.4 Å². The number of hydrogen-bond acceptors (Lipinski definition) is 6. The van der Waals surface area contributed by atoms with Crippen molar-refractivity contribution in [2.45, 2.75) is 49.8 Å². The van der Waals surface area contributed by atoms with Gasteiger partial charge in [0.25, 0.3) is 10.1 Å². The van der Waals surface area contributed by atoms with Crippen molar-refractivity contribution in [2.75, 3.05) is 12.4 Å². The number of carbonyl (C=O) groups is 2. The third-order valence-electron chi connectivity index (χ3n) is 3.72. The largest absolute Gasteiger partial charge is 0.460 e. The number of esters is 1. The quantitative estimate of drug-likeness (QED) is 0.145. The van der Waals surface area contributed by atoms with E-state index in [1.54, 1.807) is 6.92 Å². The molecule has 18 heteroatoms. The summed E-state index contributed by atoms with van der Waals surface area (Å²) in [7, 11) is -3.99. The zero-order valence-electron chi connectivity index (χ0n) is 17.8. The maximum absolute atomic E-state index is 13.0. The van der Waals surface area contributed by atoms with Gasteiger partial charge in [-0.25, -0.2) is 4.79 Å². The maximum Gasteiger partial charge on any atom is 0.460 e. The van der Waals surface area contributed by atoms with Gasteiger partial charge >= 0.3 is 29.9 Å². The molecule has 0 aromatic carbocycles. The minimum Gasteiger partial charge on any atom is -0.460 e. The van der Waals surface area contributed by atoms with Crippen molar-refractivity contribution >= 4 is 22.0 Å². The van der Waals surface area contributed by atoms with Crippen molar-refractivity contribution in [3.05, 3.63) is 24.8 Å². The van der Waals surface area contributed by atoms with Crippen molar-refractivity contribution < 1.29 is 71.9 Å². The SMILES string of the molecule is C=C(CC(C)CS(=O)(=O)O)C(N)=O.C=CC(=O)OCC(O)CC(F)(F)C(F)(F)C(F)(F)C(F)(F)F. The van der Waals surface area contributed by atoms with Crippen molar-refractivity contribution in [1.29, 1.82) is 0 Å². The van der Waals surface area contributed by atoms with E-state index in [9.17, 15) is 57.5 Å². The van der Waals surface area contributed by atoms with Crippen molar-refractivity contribution in [2.24, 2.45) is 11.7 Å². The van der Waals surface area contributed by atoms with Gasteiger partial charge in [0.2, 0.25) is 5.91 Å². The second-order valence-corrected chi connectivity index (χ2v) is 8.57. The van der Waals surface area contributed by atoms with E-state index >= 15 is 0 Å². The molecule has 8 nitrogen and oxygen atoms in total. The first kappa shape index (κ1) is 34.8. The number of rotatable bonds is 12. The Balaban J connectivity index is 0. The van der Waals surface area contributed by atoms with Gasteiger partial charge in [0.1, 0.15) is 6.61 Å². The molecule has 0 rings (SSSR count). The molecule has 1 amide bonds. The van der Waals surface area contributed by atoms with Crippen molar-refractivity contribution in [1.82, 2.24) is 0 Å². The summed E-state index contributed by atoms with van der Waals surface area (Å²) in [6, 6.07) is 0. The lowest BCUT2D eigenvalue weighted by atomic mass is 9.98. The summed E-state index contributed by atoms with van der Waals surface area (Å²) >= 11 is 0. The van der Waals surface area contributed by atoms with Gasteiger partial charge in [0.15, 0.2) is 0 Å². The Hall–Kier alpha value is -2.34. The summed E-state index contributed by atoms with van der Waals surface area (Å²) in [5, 5.41) is 8.91. The monoisotopic (exact) mass is 555 g/mol. The number of amides is 1. The highest BCUT2D eigenvalue weighted by Crippen LogP contribution is 2.54. The molecule has 2 unspecified atom stereocenters. The van der Waals surface area contributed by atoms with E-state index in [1.807, 2.05) is 0 Å². The van der Waals surface area contributed by atoms with Crippen LogP contribution in [0.5, 0.6) is 0 Å². The number of hydrogen-bond donors (Lipinski definition) is 3. The van der Waals surface area contributed by atoms with Gasteiger partial charge in [-0.15, -0.1) is 0 Å². The Morgan fingerprint density at radius 2 is 1.51 bits per heavy atom. The van der Waals surface area contributed by atoms with E-state index in [2.05, 4.69) is 17.9 Å². The Bertz CT molecular complexity index is 874. The van der Waals surface area contributed by atoms with Crippen LogP contribution in [0.4, 0.5) is 39.5 Å². The lowest BCUT2D eigenvalue weighted by Gasteiger charge is -2.34. The zero-order valence-corrected chi connectivity index (χ0v) is 18.6. The van der Waals surface area contributed by atoms with E-state index in [0.29, 0.717) is 6.08 Å². The van der Waals surface area contributed by atoms with E-state index < -0.39 is 65.1 Å². The van der Waals surface area contributed by atoms with Crippen LogP contribution < -0.4 is 5.73 Å². The Labute approximate surface area is 193 Å². The highest BCUT2D eigenvalue weighted by Gasteiger charge is 2.81. The minimum atomic E-state index is -7.03. The van der Waals surface area contributed by atoms with Crippen LogP contribution >= 0.6 is 0 Å². The molecule has 0 aliphatic heterocycles. The summed E-state index contributed by atoms with van der Waals surface area (Å²) in [5.41, 5.74) is 5.06. The molecule has 0 aliphatic rings. The lowest BCUT2D eigenvalue weighted by molar-refractivity contribution is -0.398. The van der Waals surface area contributed by atoms with E-state index in [0.717, 1.165) is 0 Å². The average Bonchev–Trinajstić information content (AvgIpc) is 2.63. The zero-order chi connectivity index (χ0) is 28.6. The van der Waals surface area contributed by atoms with Crippen molar-refractivity contribution in [3.8, 4) is 0 Å². The van der Waals surface area contributed by atoms with Crippen LogP contribution in [0.3, 0.4) is 0 Å².